The molecule has 0 amide bonds. The Hall–Kier alpha value is -3.87. The number of allylic oxidation sites excluding steroid dienone is 2. The minimum absolute atomic E-state index is 0.0192. The van der Waals surface area contributed by atoms with Crippen molar-refractivity contribution in [3.05, 3.63) is 82.4 Å². The molecule has 6 rings (SSSR count). The van der Waals surface area contributed by atoms with E-state index in [4.69, 9.17) is 10.1 Å². The van der Waals surface area contributed by atoms with Crippen molar-refractivity contribution in [2.24, 2.45) is 17.8 Å². The topological polar surface area (TPSA) is 97.5 Å². The predicted octanol–water partition coefficient (Wildman–Crippen LogP) is 3.86. The highest BCUT2D eigenvalue weighted by Crippen LogP contribution is 2.52. The van der Waals surface area contributed by atoms with Crippen LogP contribution in [0.2, 0.25) is 0 Å². The maximum absolute atomic E-state index is 13.1. The summed E-state index contributed by atoms with van der Waals surface area (Å²) in [4.78, 5) is 34.6. The van der Waals surface area contributed by atoms with Crippen LogP contribution in [0.4, 0.5) is 0 Å². The van der Waals surface area contributed by atoms with Gasteiger partial charge in [-0.15, -0.1) is 0 Å². The molecule has 2 aliphatic carbocycles. The lowest BCUT2D eigenvalue weighted by atomic mass is 9.82. The minimum Gasteiger partial charge on any atom is -0.481 e. The number of nitrogens with zero attached hydrogens (tertiary/aromatic N) is 4. The van der Waals surface area contributed by atoms with Gasteiger partial charge < -0.3 is 5.11 Å². The summed E-state index contributed by atoms with van der Waals surface area (Å²) in [5, 5.41) is 15.5. The van der Waals surface area contributed by atoms with Crippen molar-refractivity contribution in [2.45, 2.75) is 25.7 Å². The molecule has 0 aliphatic heterocycles. The number of aliphatic carboxylic acids is 1. The second-order valence-electron chi connectivity index (χ2n) is 8.88. The highest BCUT2D eigenvalue weighted by Gasteiger charge is 2.50. The number of carbonyl (C=O) groups is 1. The lowest BCUT2D eigenvalue weighted by Crippen LogP contribution is -2.29. The summed E-state index contributed by atoms with van der Waals surface area (Å²) in [6.07, 6.45) is 5.79. The number of aromatic nitrogens is 4. The van der Waals surface area contributed by atoms with E-state index < -0.39 is 17.4 Å². The van der Waals surface area contributed by atoms with Crippen molar-refractivity contribution in [3.8, 4) is 11.3 Å². The van der Waals surface area contributed by atoms with Crippen molar-refractivity contribution in [2.75, 3.05) is 0 Å². The van der Waals surface area contributed by atoms with Crippen LogP contribution in [0.25, 0.3) is 27.8 Å². The molecule has 1 N–H and O–H groups in total. The number of carboxylic acid groups (broad SMARTS) is 1. The molecule has 0 saturated heterocycles. The summed E-state index contributed by atoms with van der Waals surface area (Å²) in [7, 11) is 0. The van der Waals surface area contributed by atoms with Crippen molar-refractivity contribution in [1.29, 1.82) is 0 Å². The Morgan fingerprint density at radius 3 is 2.58 bits per heavy atom. The van der Waals surface area contributed by atoms with Gasteiger partial charge in [-0.3, -0.25) is 9.59 Å². The molecule has 1 fully saturated rings. The van der Waals surface area contributed by atoms with Crippen LogP contribution in [-0.2, 0) is 11.2 Å². The largest absolute Gasteiger partial charge is 0.481 e. The second-order valence-corrected chi connectivity index (χ2v) is 8.88. The number of para-hydroxylation sites is 1. The summed E-state index contributed by atoms with van der Waals surface area (Å²) >= 11 is 0. The van der Waals surface area contributed by atoms with E-state index in [9.17, 15) is 14.7 Å². The number of hydrogen-bond donors (Lipinski definition) is 1. The first-order valence-electron chi connectivity index (χ1n) is 11.3. The highest BCUT2D eigenvalue weighted by molar-refractivity contribution is 5.91. The summed E-state index contributed by atoms with van der Waals surface area (Å²) in [5.41, 5.74) is 2.76. The Balaban J connectivity index is 1.64. The number of benzene rings is 2. The molecule has 2 bridgehead atoms. The van der Waals surface area contributed by atoms with Gasteiger partial charge >= 0.3 is 5.97 Å². The number of aryl methyl sites for hydroxylation is 1. The summed E-state index contributed by atoms with van der Waals surface area (Å²) in [6, 6.07) is 15.2. The molecule has 0 spiro atoms. The van der Waals surface area contributed by atoms with Crippen LogP contribution in [-0.4, -0.2) is 30.7 Å². The summed E-state index contributed by atoms with van der Waals surface area (Å²) in [6.45, 7) is 2.07. The lowest BCUT2D eigenvalue weighted by molar-refractivity contribution is -0.143. The fraction of sp³-hybridized carbons (Fsp3) is 0.269. The van der Waals surface area contributed by atoms with E-state index >= 15 is 0 Å². The Morgan fingerprint density at radius 2 is 1.82 bits per heavy atom. The van der Waals surface area contributed by atoms with Crippen molar-refractivity contribution in [1.82, 2.24) is 19.6 Å². The van der Waals surface area contributed by atoms with Gasteiger partial charge in [0.05, 0.1) is 11.4 Å². The number of carboxylic acids is 1. The van der Waals surface area contributed by atoms with Crippen molar-refractivity contribution in [3.63, 3.8) is 0 Å². The molecular formula is C26H22N4O3. The van der Waals surface area contributed by atoms with E-state index in [0.29, 0.717) is 27.9 Å². The van der Waals surface area contributed by atoms with Crippen LogP contribution >= 0.6 is 0 Å². The van der Waals surface area contributed by atoms with Crippen molar-refractivity contribution < 1.29 is 9.90 Å². The Bertz CT molecular complexity index is 1510. The molecule has 2 aromatic heterocycles. The van der Waals surface area contributed by atoms with Gasteiger partial charge in [0.2, 0.25) is 0 Å². The SMILES string of the molecule is CCc1ccc(-c2nn3c([C@@H]4[C@@H](C(=O)O)[C@H]5C=C[C@H]4C5)nc4ccccc4c3nc2=O)cc1. The number of rotatable bonds is 4. The fourth-order valence-corrected chi connectivity index (χ4v) is 5.46. The second kappa shape index (κ2) is 7.33. The van der Waals surface area contributed by atoms with Crippen LogP contribution in [0.3, 0.4) is 0 Å². The zero-order valence-corrected chi connectivity index (χ0v) is 18.0. The van der Waals surface area contributed by atoms with Crippen LogP contribution in [0.15, 0.2) is 65.5 Å². The van der Waals surface area contributed by atoms with E-state index in [2.05, 4.69) is 18.0 Å². The Kier molecular flexibility index (Phi) is 4.40. The summed E-state index contributed by atoms with van der Waals surface area (Å²) in [5.74, 6) is -1.14. The minimum atomic E-state index is -0.829. The molecule has 2 aliphatic rings. The standard InChI is InChI=1S/C26H22N4O3/c1-2-14-7-9-15(10-8-14)22-25(31)28-23-18-5-3-4-6-19(18)27-24(30(23)29-22)20-16-11-12-17(13-16)21(20)26(32)33/h3-12,16-17,20-21H,2,13H2,1H3,(H,32,33)/t16-,17-,20-,21-/m0/s1. The number of fused-ring (bicyclic) bond motifs is 5. The molecule has 4 atom stereocenters. The zero-order chi connectivity index (χ0) is 22.7. The monoisotopic (exact) mass is 438 g/mol. The average Bonchev–Trinajstić information content (AvgIpc) is 3.45. The van der Waals surface area contributed by atoms with Crippen molar-refractivity contribution >= 4 is 22.5 Å². The average molecular weight is 438 g/mol. The molecule has 0 unspecified atom stereocenters. The molecule has 164 valence electrons. The Labute approximate surface area is 189 Å². The predicted molar refractivity (Wildman–Crippen MR) is 124 cm³/mol. The van der Waals surface area contributed by atoms with Gasteiger partial charge in [0.15, 0.2) is 11.3 Å². The zero-order valence-electron chi connectivity index (χ0n) is 18.0. The third kappa shape index (κ3) is 2.99. The molecule has 7 heteroatoms. The van der Waals surface area contributed by atoms with Gasteiger partial charge in [-0.05, 0) is 42.4 Å². The van der Waals surface area contributed by atoms with Gasteiger partial charge in [0.25, 0.3) is 5.56 Å². The molecule has 0 radical (unpaired) electrons. The normalized spacial score (nSPS) is 23.5. The quantitative estimate of drug-likeness (QED) is 0.384. The first-order chi connectivity index (χ1) is 16.0. The van der Waals surface area contributed by atoms with Gasteiger partial charge in [0.1, 0.15) is 5.82 Å². The Morgan fingerprint density at radius 1 is 1.06 bits per heavy atom. The van der Waals surface area contributed by atoms with E-state index in [1.807, 2.05) is 54.6 Å². The third-order valence-electron chi connectivity index (χ3n) is 7.09. The highest BCUT2D eigenvalue weighted by atomic mass is 16.4. The maximum Gasteiger partial charge on any atom is 0.307 e. The smallest absolute Gasteiger partial charge is 0.307 e. The maximum atomic E-state index is 13.1. The molecule has 33 heavy (non-hydrogen) atoms. The van der Waals surface area contributed by atoms with Gasteiger partial charge in [-0.1, -0.05) is 55.5 Å². The first-order valence-corrected chi connectivity index (χ1v) is 11.3. The first kappa shape index (κ1) is 19.8. The van der Waals surface area contributed by atoms with Gasteiger partial charge in [-0.25, -0.2) is 4.98 Å². The van der Waals surface area contributed by atoms with Crippen LogP contribution < -0.4 is 5.56 Å². The molecule has 7 nitrogen and oxygen atoms in total. The molecule has 4 aromatic rings. The van der Waals surface area contributed by atoms with E-state index in [1.165, 1.54) is 5.56 Å². The van der Waals surface area contributed by atoms with Gasteiger partial charge in [-0.2, -0.15) is 14.6 Å². The summed E-state index contributed by atoms with van der Waals surface area (Å²) < 4.78 is 1.61. The van der Waals surface area contributed by atoms with E-state index in [0.717, 1.165) is 12.8 Å². The van der Waals surface area contributed by atoms with Gasteiger partial charge in [0, 0.05) is 16.9 Å². The van der Waals surface area contributed by atoms with E-state index in [1.54, 1.807) is 4.52 Å². The fourth-order valence-electron chi connectivity index (χ4n) is 5.46. The molecule has 2 heterocycles. The van der Waals surface area contributed by atoms with Crippen LogP contribution in [0.5, 0.6) is 0 Å². The lowest BCUT2D eigenvalue weighted by Gasteiger charge is -2.25. The third-order valence-corrected chi connectivity index (χ3v) is 7.09. The van der Waals surface area contributed by atoms with Crippen LogP contribution in [0.1, 0.15) is 30.7 Å². The molecule has 2 aromatic carbocycles. The molecular weight excluding hydrogens is 416 g/mol. The molecule has 1 saturated carbocycles. The van der Waals surface area contributed by atoms with E-state index in [-0.39, 0.29) is 23.4 Å². The number of hydrogen-bond acceptors (Lipinski definition) is 5. The van der Waals surface area contributed by atoms with Crippen LogP contribution in [0, 0.1) is 17.8 Å².